The summed E-state index contributed by atoms with van der Waals surface area (Å²) < 4.78 is 0. The molecule has 0 unspecified atom stereocenters. The lowest BCUT2D eigenvalue weighted by Crippen LogP contribution is -2.39. The van der Waals surface area contributed by atoms with Gasteiger partial charge in [0.1, 0.15) is 0 Å². The highest BCUT2D eigenvalue weighted by atomic mass is 32.2. The summed E-state index contributed by atoms with van der Waals surface area (Å²) in [5.74, 6) is 2.83. The van der Waals surface area contributed by atoms with Gasteiger partial charge in [0.25, 0.3) is 0 Å². The molecule has 0 saturated carbocycles. The van der Waals surface area contributed by atoms with E-state index in [2.05, 4.69) is 42.2 Å². The minimum absolute atomic E-state index is 0.335. The molecule has 3 heteroatoms. The molecule has 0 radical (unpaired) electrons. The SMILES string of the molecule is CCCSCC(=O)N1CCC(Cc2ccccc2)CC1. The molecule has 110 valence electrons. The first-order chi connectivity index (χ1) is 9.79. The largest absolute Gasteiger partial charge is 0.342 e. The molecule has 1 aliphatic rings. The van der Waals surface area contributed by atoms with E-state index in [1.807, 2.05) is 0 Å². The van der Waals surface area contributed by atoms with Crippen molar-refractivity contribution in [2.45, 2.75) is 32.6 Å². The standard InChI is InChI=1S/C17H25NOS/c1-2-12-20-14-17(19)18-10-8-16(9-11-18)13-15-6-4-3-5-7-15/h3-7,16H,2,8-14H2,1H3. The fourth-order valence-electron chi connectivity index (χ4n) is 2.73. The maximum absolute atomic E-state index is 12.0. The van der Waals surface area contributed by atoms with Gasteiger partial charge >= 0.3 is 0 Å². The van der Waals surface area contributed by atoms with E-state index in [0.29, 0.717) is 11.7 Å². The van der Waals surface area contributed by atoms with Crippen molar-refractivity contribution >= 4 is 17.7 Å². The molecular weight excluding hydrogens is 266 g/mol. The second-order valence-electron chi connectivity index (χ2n) is 5.57. The zero-order valence-electron chi connectivity index (χ0n) is 12.4. The number of carbonyl (C=O) groups is 1. The summed E-state index contributed by atoms with van der Waals surface area (Å²) in [7, 11) is 0. The predicted octanol–water partition coefficient (Wildman–Crippen LogP) is 3.61. The number of benzene rings is 1. The Morgan fingerprint density at radius 1 is 1.25 bits per heavy atom. The van der Waals surface area contributed by atoms with Gasteiger partial charge in [0.2, 0.25) is 5.91 Å². The minimum atomic E-state index is 0.335. The molecule has 0 aromatic heterocycles. The third kappa shape index (κ3) is 4.86. The van der Waals surface area contributed by atoms with Gasteiger partial charge in [0.05, 0.1) is 5.75 Å². The van der Waals surface area contributed by atoms with Crippen molar-refractivity contribution in [2.75, 3.05) is 24.6 Å². The van der Waals surface area contributed by atoms with Crippen LogP contribution in [-0.4, -0.2) is 35.4 Å². The number of carbonyl (C=O) groups excluding carboxylic acids is 1. The number of hydrogen-bond donors (Lipinski definition) is 0. The first kappa shape index (κ1) is 15.4. The Kier molecular flexibility index (Phi) is 6.44. The van der Waals surface area contributed by atoms with Crippen LogP contribution in [0.4, 0.5) is 0 Å². The van der Waals surface area contributed by atoms with Gasteiger partial charge in [-0.1, -0.05) is 37.3 Å². The molecule has 1 saturated heterocycles. The molecule has 1 aromatic rings. The highest BCUT2D eigenvalue weighted by Gasteiger charge is 2.22. The van der Waals surface area contributed by atoms with E-state index in [4.69, 9.17) is 0 Å². The topological polar surface area (TPSA) is 20.3 Å². The van der Waals surface area contributed by atoms with Crippen LogP contribution in [-0.2, 0) is 11.2 Å². The van der Waals surface area contributed by atoms with Gasteiger partial charge in [-0.15, -0.1) is 0 Å². The van der Waals surface area contributed by atoms with Gasteiger partial charge in [0, 0.05) is 13.1 Å². The first-order valence-corrected chi connectivity index (χ1v) is 8.84. The van der Waals surface area contributed by atoms with E-state index in [0.717, 1.165) is 50.4 Å². The fourth-order valence-corrected chi connectivity index (χ4v) is 3.52. The number of piperidine rings is 1. The number of rotatable bonds is 6. The van der Waals surface area contributed by atoms with Crippen molar-refractivity contribution in [3.8, 4) is 0 Å². The molecule has 2 rings (SSSR count). The van der Waals surface area contributed by atoms with Gasteiger partial charge in [-0.2, -0.15) is 11.8 Å². The van der Waals surface area contributed by atoms with Crippen LogP contribution in [0.3, 0.4) is 0 Å². The zero-order chi connectivity index (χ0) is 14.2. The first-order valence-electron chi connectivity index (χ1n) is 7.69. The van der Waals surface area contributed by atoms with E-state index in [-0.39, 0.29) is 0 Å². The molecule has 0 atom stereocenters. The molecule has 1 heterocycles. The van der Waals surface area contributed by atoms with Crippen molar-refractivity contribution in [3.63, 3.8) is 0 Å². The molecule has 1 aliphatic heterocycles. The Hall–Kier alpha value is -0.960. The Morgan fingerprint density at radius 3 is 2.60 bits per heavy atom. The second kappa shape index (κ2) is 8.35. The Labute approximate surface area is 126 Å². The number of amides is 1. The lowest BCUT2D eigenvalue weighted by atomic mass is 9.90. The van der Waals surface area contributed by atoms with E-state index >= 15 is 0 Å². The summed E-state index contributed by atoms with van der Waals surface area (Å²) in [6.45, 7) is 4.05. The van der Waals surface area contributed by atoms with Crippen molar-refractivity contribution in [1.82, 2.24) is 4.90 Å². The molecule has 0 spiro atoms. The van der Waals surface area contributed by atoms with Gasteiger partial charge < -0.3 is 4.90 Å². The van der Waals surface area contributed by atoms with Gasteiger partial charge in [0.15, 0.2) is 0 Å². The molecule has 0 N–H and O–H groups in total. The van der Waals surface area contributed by atoms with E-state index in [9.17, 15) is 4.79 Å². The molecular formula is C17H25NOS. The third-order valence-corrected chi connectivity index (χ3v) is 5.06. The average molecular weight is 291 g/mol. The highest BCUT2D eigenvalue weighted by Crippen LogP contribution is 2.22. The summed E-state index contributed by atoms with van der Waals surface area (Å²) in [6, 6.07) is 10.7. The van der Waals surface area contributed by atoms with Crippen molar-refractivity contribution in [2.24, 2.45) is 5.92 Å². The predicted molar refractivity (Wildman–Crippen MR) is 87.1 cm³/mol. The van der Waals surface area contributed by atoms with E-state index in [1.54, 1.807) is 11.8 Å². The van der Waals surface area contributed by atoms with E-state index in [1.165, 1.54) is 5.56 Å². The van der Waals surface area contributed by atoms with Crippen LogP contribution in [0, 0.1) is 5.92 Å². The molecule has 20 heavy (non-hydrogen) atoms. The number of likely N-dealkylation sites (tertiary alicyclic amines) is 1. The normalized spacial score (nSPS) is 16.4. The molecule has 1 fully saturated rings. The smallest absolute Gasteiger partial charge is 0.232 e. The Balaban J connectivity index is 1.71. The van der Waals surface area contributed by atoms with Gasteiger partial charge in [-0.25, -0.2) is 0 Å². The quantitative estimate of drug-likeness (QED) is 0.746. The summed E-state index contributed by atoms with van der Waals surface area (Å²) in [6.07, 6.45) is 4.61. The van der Waals surface area contributed by atoms with Crippen LogP contribution in [0.2, 0.25) is 0 Å². The molecule has 1 aromatic carbocycles. The maximum atomic E-state index is 12.0. The zero-order valence-corrected chi connectivity index (χ0v) is 13.2. The number of hydrogen-bond acceptors (Lipinski definition) is 2. The summed E-state index contributed by atoms with van der Waals surface area (Å²) >= 11 is 1.77. The average Bonchev–Trinajstić information content (AvgIpc) is 2.49. The summed E-state index contributed by atoms with van der Waals surface area (Å²) in [5, 5.41) is 0. The molecule has 1 amide bonds. The molecule has 0 aliphatic carbocycles. The highest BCUT2D eigenvalue weighted by molar-refractivity contribution is 7.99. The lowest BCUT2D eigenvalue weighted by molar-refractivity contribution is -0.129. The molecule has 2 nitrogen and oxygen atoms in total. The van der Waals surface area contributed by atoms with Crippen molar-refractivity contribution < 1.29 is 4.79 Å². The van der Waals surface area contributed by atoms with Crippen LogP contribution >= 0.6 is 11.8 Å². The second-order valence-corrected chi connectivity index (χ2v) is 6.67. The summed E-state index contributed by atoms with van der Waals surface area (Å²) in [4.78, 5) is 14.1. The van der Waals surface area contributed by atoms with Crippen LogP contribution in [0.25, 0.3) is 0 Å². The summed E-state index contributed by atoms with van der Waals surface area (Å²) in [5.41, 5.74) is 1.43. The number of thioether (sulfide) groups is 1. The van der Waals surface area contributed by atoms with Gasteiger partial charge in [-0.05, 0) is 42.9 Å². The maximum Gasteiger partial charge on any atom is 0.232 e. The van der Waals surface area contributed by atoms with Crippen LogP contribution in [0.1, 0.15) is 31.7 Å². The lowest BCUT2D eigenvalue weighted by Gasteiger charge is -2.32. The number of nitrogens with zero attached hydrogens (tertiary/aromatic N) is 1. The Morgan fingerprint density at radius 2 is 1.95 bits per heavy atom. The monoisotopic (exact) mass is 291 g/mol. The van der Waals surface area contributed by atoms with Crippen LogP contribution < -0.4 is 0 Å². The van der Waals surface area contributed by atoms with Crippen LogP contribution in [0.5, 0.6) is 0 Å². The van der Waals surface area contributed by atoms with Crippen LogP contribution in [0.15, 0.2) is 30.3 Å². The van der Waals surface area contributed by atoms with Crippen molar-refractivity contribution in [1.29, 1.82) is 0 Å². The molecule has 0 bridgehead atoms. The fraction of sp³-hybridized carbons (Fsp3) is 0.588. The van der Waals surface area contributed by atoms with Gasteiger partial charge in [-0.3, -0.25) is 4.79 Å². The minimum Gasteiger partial charge on any atom is -0.342 e. The third-order valence-electron chi connectivity index (χ3n) is 3.91. The van der Waals surface area contributed by atoms with E-state index < -0.39 is 0 Å². The Bertz CT molecular complexity index is 399. The van der Waals surface area contributed by atoms with Crippen molar-refractivity contribution in [3.05, 3.63) is 35.9 Å².